The van der Waals surface area contributed by atoms with Gasteiger partial charge in [0.15, 0.2) is 5.78 Å². The second-order valence-electron chi connectivity index (χ2n) is 9.46. The van der Waals surface area contributed by atoms with Gasteiger partial charge in [-0.3, -0.25) is 9.59 Å². The third kappa shape index (κ3) is 5.15. The van der Waals surface area contributed by atoms with E-state index in [9.17, 15) is 14.4 Å². The van der Waals surface area contributed by atoms with Crippen LogP contribution in [0, 0.1) is 5.92 Å². The summed E-state index contributed by atoms with van der Waals surface area (Å²) in [6.45, 7) is 5.47. The molecular weight excluding hydrogens is 514 g/mol. The van der Waals surface area contributed by atoms with Crippen molar-refractivity contribution in [2.45, 2.75) is 39.0 Å². The maximum Gasteiger partial charge on any atom is 0.336 e. The van der Waals surface area contributed by atoms with E-state index in [1.54, 1.807) is 59.3 Å². The minimum absolute atomic E-state index is 0.119. The van der Waals surface area contributed by atoms with Crippen LogP contribution in [0.2, 0.25) is 0 Å². The second-order valence-corrected chi connectivity index (χ2v) is 9.46. The van der Waals surface area contributed by atoms with Gasteiger partial charge in [0.1, 0.15) is 23.2 Å². The molecule has 9 heteroatoms. The number of carbonyl (C=O) groups excluding carboxylic acids is 3. The molecule has 0 aromatic heterocycles. The number of hydrogen-bond acceptors (Lipinski definition) is 9. The first-order valence-corrected chi connectivity index (χ1v) is 13.2. The van der Waals surface area contributed by atoms with Crippen LogP contribution in [0.5, 0.6) is 17.2 Å². The predicted molar refractivity (Wildman–Crippen MR) is 147 cm³/mol. The molecule has 0 fully saturated rings. The normalized spacial score (nSPS) is 20.4. The Bertz CT molecular complexity index is 1380. The van der Waals surface area contributed by atoms with E-state index in [-0.39, 0.29) is 18.8 Å². The van der Waals surface area contributed by atoms with Crippen LogP contribution >= 0.6 is 0 Å². The largest absolute Gasteiger partial charge is 0.497 e. The van der Waals surface area contributed by atoms with Gasteiger partial charge in [-0.1, -0.05) is 24.3 Å². The van der Waals surface area contributed by atoms with Crippen LogP contribution in [0.25, 0.3) is 0 Å². The molecular formula is C31H35NO8. The Hall–Kier alpha value is -4.27. The summed E-state index contributed by atoms with van der Waals surface area (Å²) in [7, 11) is 4.61. The molecule has 2 aromatic carbocycles. The molecule has 0 amide bonds. The van der Waals surface area contributed by atoms with Crippen molar-refractivity contribution in [3.8, 4) is 17.2 Å². The van der Waals surface area contributed by atoms with Crippen molar-refractivity contribution in [2.75, 3.05) is 34.5 Å². The molecule has 1 N–H and O–H groups in total. The molecule has 0 saturated carbocycles. The van der Waals surface area contributed by atoms with Crippen molar-refractivity contribution in [3.05, 3.63) is 76.1 Å². The van der Waals surface area contributed by atoms with Gasteiger partial charge in [0, 0.05) is 34.5 Å². The summed E-state index contributed by atoms with van der Waals surface area (Å²) in [5, 5.41) is 3.31. The van der Waals surface area contributed by atoms with E-state index in [0.717, 1.165) is 5.56 Å². The van der Waals surface area contributed by atoms with Crippen LogP contribution in [0.3, 0.4) is 0 Å². The lowest BCUT2D eigenvalue weighted by molar-refractivity contribution is -0.152. The number of ether oxygens (including phenoxy) is 5. The molecule has 9 nitrogen and oxygen atoms in total. The molecule has 4 rings (SSSR count). The molecule has 40 heavy (non-hydrogen) atoms. The third-order valence-electron chi connectivity index (χ3n) is 7.35. The van der Waals surface area contributed by atoms with Gasteiger partial charge in [-0.05, 0) is 44.9 Å². The topological polar surface area (TPSA) is 109 Å². The van der Waals surface area contributed by atoms with Crippen LogP contribution in [0.1, 0.15) is 50.2 Å². The van der Waals surface area contributed by atoms with Gasteiger partial charge >= 0.3 is 11.9 Å². The third-order valence-corrected chi connectivity index (χ3v) is 7.35. The standard InChI is InChI=1S/C31H35NO8/c1-7-39-30(34)25-17(3)32-22-16-21(19-11-9-10-12-23(19)37-5)27(31(35)40-8-2)29(33)28(22)26(25)20-14-13-18(36-4)15-24(20)38-6/h9-15,21,26-27,32H,7-8,16H2,1-6H3/t21-,26-,27-/m1/s1. The molecule has 0 unspecified atom stereocenters. The zero-order valence-electron chi connectivity index (χ0n) is 23.7. The van der Waals surface area contributed by atoms with E-state index in [1.165, 1.54) is 7.11 Å². The number of esters is 2. The number of methoxy groups -OCH3 is 3. The van der Waals surface area contributed by atoms with Gasteiger partial charge < -0.3 is 29.0 Å². The molecule has 2 aromatic rings. The van der Waals surface area contributed by atoms with Gasteiger partial charge in [0.05, 0.1) is 46.0 Å². The monoisotopic (exact) mass is 549 g/mol. The summed E-state index contributed by atoms with van der Waals surface area (Å²) in [5.41, 5.74) is 3.06. The first kappa shape index (κ1) is 28.7. The molecule has 0 radical (unpaired) electrons. The van der Waals surface area contributed by atoms with E-state index in [0.29, 0.717) is 46.2 Å². The van der Waals surface area contributed by atoms with E-state index < -0.39 is 35.5 Å². The molecule has 0 saturated heterocycles. The molecule has 1 aliphatic carbocycles. The fourth-order valence-electron chi connectivity index (χ4n) is 5.65. The van der Waals surface area contributed by atoms with Gasteiger partial charge in [0.2, 0.25) is 0 Å². The zero-order chi connectivity index (χ0) is 29.0. The van der Waals surface area contributed by atoms with Crippen LogP contribution in [-0.2, 0) is 23.9 Å². The summed E-state index contributed by atoms with van der Waals surface area (Å²) in [4.78, 5) is 41.3. The summed E-state index contributed by atoms with van der Waals surface area (Å²) >= 11 is 0. The van der Waals surface area contributed by atoms with Gasteiger partial charge in [-0.2, -0.15) is 0 Å². The maximum absolute atomic E-state index is 14.5. The van der Waals surface area contributed by atoms with Gasteiger partial charge in [0.25, 0.3) is 0 Å². The number of nitrogens with one attached hydrogen (secondary N) is 1. The zero-order valence-corrected chi connectivity index (χ0v) is 23.7. The summed E-state index contributed by atoms with van der Waals surface area (Å²) in [5.74, 6) is -2.61. The van der Waals surface area contributed by atoms with Crippen LogP contribution in [-0.4, -0.2) is 52.3 Å². The number of ketones is 1. The Labute approximate surface area is 234 Å². The van der Waals surface area contributed by atoms with E-state index >= 15 is 0 Å². The van der Waals surface area contributed by atoms with Gasteiger partial charge in [-0.25, -0.2) is 4.79 Å². The van der Waals surface area contributed by atoms with Crippen molar-refractivity contribution in [2.24, 2.45) is 5.92 Å². The lowest BCUT2D eigenvalue weighted by Gasteiger charge is -2.40. The average molecular weight is 550 g/mol. The number of rotatable bonds is 9. The molecule has 2 aliphatic rings. The molecule has 1 heterocycles. The molecule has 0 bridgehead atoms. The number of para-hydroxylation sites is 1. The highest BCUT2D eigenvalue weighted by Gasteiger charge is 2.50. The van der Waals surface area contributed by atoms with Crippen molar-refractivity contribution in [1.29, 1.82) is 0 Å². The Morgan fingerprint density at radius 3 is 2.25 bits per heavy atom. The van der Waals surface area contributed by atoms with Crippen molar-refractivity contribution in [3.63, 3.8) is 0 Å². The fourth-order valence-corrected chi connectivity index (χ4v) is 5.65. The summed E-state index contributed by atoms with van der Waals surface area (Å²) in [6, 6.07) is 12.5. The minimum atomic E-state index is -1.15. The maximum atomic E-state index is 14.5. The number of carbonyl (C=O) groups is 3. The summed E-state index contributed by atoms with van der Waals surface area (Å²) < 4.78 is 27.5. The quantitative estimate of drug-likeness (QED) is 0.359. The minimum Gasteiger partial charge on any atom is -0.497 e. The predicted octanol–water partition coefficient (Wildman–Crippen LogP) is 4.43. The van der Waals surface area contributed by atoms with Crippen molar-refractivity contribution in [1.82, 2.24) is 5.32 Å². The highest BCUT2D eigenvalue weighted by molar-refractivity contribution is 6.13. The van der Waals surface area contributed by atoms with Crippen molar-refractivity contribution >= 4 is 17.7 Å². The summed E-state index contributed by atoms with van der Waals surface area (Å²) in [6.07, 6.45) is 0.313. The number of benzene rings is 2. The molecule has 3 atom stereocenters. The highest BCUT2D eigenvalue weighted by Crippen LogP contribution is 2.51. The highest BCUT2D eigenvalue weighted by atomic mass is 16.5. The fraction of sp³-hybridized carbons (Fsp3) is 0.387. The second kappa shape index (κ2) is 12.3. The SMILES string of the molecule is CCOC(=O)C1=C(C)NC2=C(C(=O)[C@H](C(=O)OCC)[C@@H](c3ccccc3OC)C2)[C@@H]1c1ccc(OC)cc1OC. The average Bonchev–Trinajstić information content (AvgIpc) is 2.96. The lowest BCUT2D eigenvalue weighted by atomic mass is 9.67. The van der Waals surface area contributed by atoms with E-state index in [1.807, 2.05) is 18.2 Å². The van der Waals surface area contributed by atoms with Gasteiger partial charge in [-0.15, -0.1) is 0 Å². The Morgan fingerprint density at radius 1 is 0.900 bits per heavy atom. The Kier molecular flexibility index (Phi) is 8.82. The number of hydrogen-bond donors (Lipinski definition) is 1. The van der Waals surface area contributed by atoms with Crippen LogP contribution < -0.4 is 19.5 Å². The lowest BCUT2D eigenvalue weighted by Crippen LogP contribution is -2.43. The van der Waals surface area contributed by atoms with Crippen LogP contribution in [0.15, 0.2) is 65.0 Å². The van der Waals surface area contributed by atoms with Crippen LogP contribution in [0.4, 0.5) is 0 Å². The molecule has 212 valence electrons. The molecule has 1 aliphatic heterocycles. The Balaban J connectivity index is 1.96. The molecule has 0 spiro atoms. The van der Waals surface area contributed by atoms with E-state index in [4.69, 9.17) is 23.7 Å². The van der Waals surface area contributed by atoms with Crippen molar-refractivity contribution < 1.29 is 38.1 Å². The van der Waals surface area contributed by atoms with E-state index in [2.05, 4.69) is 5.32 Å². The smallest absolute Gasteiger partial charge is 0.336 e. The Morgan fingerprint density at radius 2 is 1.60 bits per heavy atom. The number of Topliss-reactive ketones (excluding diaryl/α,β-unsaturated/α-hetero) is 1. The first-order chi connectivity index (χ1) is 19.3. The first-order valence-electron chi connectivity index (χ1n) is 13.2. The number of dihydropyridines is 1. The number of allylic oxidation sites excluding steroid dienone is 3.